The van der Waals surface area contributed by atoms with Crippen molar-refractivity contribution in [1.29, 1.82) is 0 Å². The first-order chi connectivity index (χ1) is 3.92. The molecule has 54 valence electrons. The molecule has 0 spiro atoms. The van der Waals surface area contributed by atoms with E-state index in [1.54, 1.807) is 0 Å². The predicted molar refractivity (Wildman–Crippen MR) is 26.8 cm³/mol. The molecule has 0 aliphatic carbocycles. The van der Waals surface area contributed by atoms with Gasteiger partial charge in [-0.1, -0.05) is 0 Å². The monoisotopic (exact) mass is 151 g/mol. The van der Waals surface area contributed by atoms with Gasteiger partial charge in [0.15, 0.2) is 0 Å². The van der Waals surface area contributed by atoms with Crippen molar-refractivity contribution < 1.29 is 24.3 Å². The fourth-order valence-corrected chi connectivity index (χ4v) is 0.809. The molecule has 0 fully saturated rings. The molecule has 0 aromatic carbocycles. The van der Waals surface area contributed by atoms with Crippen LogP contribution in [0.2, 0.25) is 6.04 Å². The molecule has 0 rings (SSSR count). The van der Waals surface area contributed by atoms with E-state index < -0.39 is 27.2 Å². The van der Waals surface area contributed by atoms with Crippen LogP contribution in [0.1, 0.15) is 6.42 Å². The summed E-state index contributed by atoms with van der Waals surface area (Å²) < 4.78 is 0. The number of carbonyl (C=O) groups is 1. The lowest BCUT2D eigenvalue weighted by molar-refractivity contribution is -0.305. The molecule has 3 N–H and O–H groups in total. The molecule has 0 saturated carbocycles. The smallest absolute Gasteiger partial charge is 0.493 e. The van der Waals surface area contributed by atoms with Crippen molar-refractivity contribution in [3.8, 4) is 0 Å². The van der Waals surface area contributed by atoms with Gasteiger partial charge in [-0.3, -0.25) is 0 Å². The zero-order valence-electron chi connectivity index (χ0n) is 4.57. The molecule has 0 heterocycles. The third kappa shape index (κ3) is 7.57. The molecule has 0 aliphatic rings. The summed E-state index contributed by atoms with van der Waals surface area (Å²) in [5, 5.41) is 9.62. The zero-order valence-corrected chi connectivity index (χ0v) is 5.57. The second-order valence-electron chi connectivity index (χ2n) is 1.65. The highest BCUT2D eigenvalue weighted by molar-refractivity contribution is 6.56. The van der Waals surface area contributed by atoms with Crippen LogP contribution in [0.25, 0.3) is 0 Å². The van der Waals surface area contributed by atoms with Crippen molar-refractivity contribution in [3.63, 3.8) is 0 Å². The van der Waals surface area contributed by atoms with E-state index >= 15 is 0 Å². The summed E-state index contributed by atoms with van der Waals surface area (Å²) in [5.41, 5.74) is 0. The zero-order chi connectivity index (χ0) is 7.49. The number of hydrogen-bond acceptors (Lipinski definition) is 5. The quantitative estimate of drug-likeness (QED) is 0.374. The van der Waals surface area contributed by atoms with Crippen LogP contribution in [0.15, 0.2) is 0 Å². The lowest BCUT2D eigenvalue weighted by Crippen LogP contribution is -2.36. The Morgan fingerprint density at radius 1 is 1.44 bits per heavy atom. The van der Waals surface area contributed by atoms with Crippen LogP contribution < -0.4 is 5.11 Å². The number of aliphatic carboxylic acids is 1. The van der Waals surface area contributed by atoms with E-state index in [0.29, 0.717) is 0 Å². The fourth-order valence-electron chi connectivity index (χ4n) is 0.270. The van der Waals surface area contributed by atoms with E-state index in [-0.39, 0.29) is 0 Å². The predicted octanol–water partition coefficient (Wildman–Crippen LogP) is -2.96. The van der Waals surface area contributed by atoms with E-state index in [2.05, 4.69) is 0 Å². The molecule has 0 aromatic heterocycles. The van der Waals surface area contributed by atoms with Crippen molar-refractivity contribution in [2.45, 2.75) is 12.5 Å². The van der Waals surface area contributed by atoms with Crippen LogP contribution in [0, 0.1) is 0 Å². The third-order valence-corrected chi connectivity index (χ3v) is 1.59. The van der Waals surface area contributed by atoms with Crippen LogP contribution in [0.4, 0.5) is 0 Å². The maximum absolute atomic E-state index is 9.62. The Balaban J connectivity index is 3.39. The highest BCUT2D eigenvalue weighted by atomic mass is 28.4. The summed E-state index contributed by atoms with van der Waals surface area (Å²) in [6.07, 6.45) is -0.518. The Morgan fingerprint density at radius 3 is 2.00 bits per heavy atom. The number of carboxylic acids is 1. The average molecular weight is 151 g/mol. The van der Waals surface area contributed by atoms with Gasteiger partial charge in [-0.2, -0.15) is 0 Å². The molecule has 0 bridgehead atoms. The largest absolute Gasteiger partial charge is 0.550 e. The van der Waals surface area contributed by atoms with Crippen LogP contribution in [0.3, 0.4) is 0 Å². The Bertz CT molecular complexity index is 105. The van der Waals surface area contributed by atoms with Crippen LogP contribution in [0.5, 0.6) is 0 Å². The average Bonchev–Trinajstić information content (AvgIpc) is 1.59. The molecular weight excluding hydrogens is 144 g/mol. The number of hydrogen-bond donors (Lipinski definition) is 3. The molecule has 0 aliphatic heterocycles. The lowest BCUT2D eigenvalue weighted by atomic mass is 10.5. The summed E-state index contributed by atoms with van der Waals surface area (Å²) in [6, 6.07) is -0.505. The van der Waals surface area contributed by atoms with Gasteiger partial charge in [-0.25, -0.2) is 0 Å². The van der Waals surface area contributed by atoms with E-state index in [0.717, 1.165) is 0 Å². The first-order valence-corrected chi connectivity index (χ1v) is 4.33. The standard InChI is InChI=1S/C3H8O5Si/c4-3(5)1-2-9(6,7)8/h6-8H,1-2H2,(H,4,5)/p-1. The second kappa shape index (κ2) is 2.92. The lowest BCUT2D eigenvalue weighted by Gasteiger charge is -2.08. The van der Waals surface area contributed by atoms with Gasteiger partial charge in [0, 0.05) is 12.0 Å². The minimum atomic E-state index is -4.14. The van der Waals surface area contributed by atoms with Crippen molar-refractivity contribution in [1.82, 2.24) is 0 Å². The summed E-state index contributed by atoms with van der Waals surface area (Å²) >= 11 is 0. The number of rotatable bonds is 3. The molecule has 0 radical (unpaired) electrons. The van der Waals surface area contributed by atoms with Crippen LogP contribution in [-0.4, -0.2) is 29.2 Å². The van der Waals surface area contributed by atoms with E-state index in [1.165, 1.54) is 0 Å². The highest BCUT2D eigenvalue weighted by Gasteiger charge is 2.25. The normalized spacial score (nSPS) is 11.4. The fraction of sp³-hybridized carbons (Fsp3) is 0.667. The van der Waals surface area contributed by atoms with Gasteiger partial charge in [0.25, 0.3) is 0 Å². The van der Waals surface area contributed by atoms with Gasteiger partial charge in [0.2, 0.25) is 0 Å². The topological polar surface area (TPSA) is 101 Å². The number of carboxylic acid groups (broad SMARTS) is 1. The summed E-state index contributed by atoms with van der Waals surface area (Å²) in [5.74, 6) is -1.40. The van der Waals surface area contributed by atoms with E-state index in [4.69, 9.17) is 14.4 Å². The minimum Gasteiger partial charge on any atom is -0.550 e. The molecule has 0 atom stereocenters. The van der Waals surface area contributed by atoms with E-state index in [1.807, 2.05) is 0 Å². The molecular formula is C3H7O5Si-. The molecule has 0 unspecified atom stereocenters. The van der Waals surface area contributed by atoms with Crippen molar-refractivity contribution in [3.05, 3.63) is 0 Å². The van der Waals surface area contributed by atoms with Gasteiger partial charge in [0.1, 0.15) is 0 Å². The van der Waals surface area contributed by atoms with Crippen LogP contribution in [-0.2, 0) is 4.79 Å². The van der Waals surface area contributed by atoms with Gasteiger partial charge in [-0.05, 0) is 6.42 Å². The first-order valence-electron chi connectivity index (χ1n) is 2.29. The van der Waals surface area contributed by atoms with Crippen molar-refractivity contribution >= 4 is 14.8 Å². The Kier molecular flexibility index (Phi) is 2.78. The van der Waals surface area contributed by atoms with E-state index in [9.17, 15) is 9.90 Å². The molecule has 0 amide bonds. The first kappa shape index (κ1) is 8.57. The van der Waals surface area contributed by atoms with Gasteiger partial charge >= 0.3 is 8.80 Å². The Labute approximate surface area is 52.6 Å². The highest BCUT2D eigenvalue weighted by Crippen LogP contribution is 1.98. The van der Waals surface area contributed by atoms with Gasteiger partial charge in [-0.15, -0.1) is 0 Å². The summed E-state index contributed by atoms with van der Waals surface area (Å²) in [4.78, 5) is 34.3. The Hall–Kier alpha value is -0.433. The molecule has 5 nitrogen and oxygen atoms in total. The van der Waals surface area contributed by atoms with Gasteiger partial charge in [0.05, 0.1) is 0 Å². The van der Waals surface area contributed by atoms with Crippen LogP contribution >= 0.6 is 0 Å². The molecule has 0 aromatic rings. The van der Waals surface area contributed by atoms with Gasteiger partial charge < -0.3 is 24.3 Å². The Morgan fingerprint density at radius 2 is 1.89 bits per heavy atom. The number of carbonyl (C=O) groups excluding carboxylic acids is 1. The maximum Gasteiger partial charge on any atom is 0.493 e. The van der Waals surface area contributed by atoms with Crippen molar-refractivity contribution in [2.75, 3.05) is 0 Å². The summed E-state index contributed by atoms with van der Waals surface area (Å²) in [6.45, 7) is 0. The molecule has 9 heavy (non-hydrogen) atoms. The third-order valence-electron chi connectivity index (χ3n) is 0.665. The van der Waals surface area contributed by atoms with Crippen molar-refractivity contribution in [2.24, 2.45) is 0 Å². The minimum absolute atomic E-state index is 0.505. The second-order valence-corrected chi connectivity index (χ2v) is 3.70. The molecule has 0 saturated heterocycles. The SMILES string of the molecule is O=C([O-])CC[Si](O)(O)O. The summed E-state index contributed by atoms with van der Waals surface area (Å²) in [7, 11) is -4.14. The maximum atomic E-state index is 9.62. The molecule has 6 heteroatoms.